The summed E-state index contributed by atoms with van der Waals surface area (Å²) in [6, 6.07) is 11.4. The lowest BCUT2D eigenvalue weighted by atomic mass is 10.2. The highest BCUT2D eigenvalue weighted by Crippen LogP contribution is 2.32. The Morgan fingerprint density at radius 2 is 1.90 bits per heavy atom. The maximum Gasteiger partial charge on any atom is 0.260 e. The van der Waals surface area contributed by atoms with E-state index >= 15 is 0 Å². The van der Waals surface area contributed by atoms with Crippen molar-refractivity contribution in [1.82, 2.24) is 9.88 Å². The van der Waals surface area contributed by atoms with Crippen LogP contribution >= 0.6 is 23.7 Å². The molecule has 0 unspecified atom stereocenters. The number of halogens is 2. The van der Waals surface area contributed by atoms with Gasteiger partial charge in [-0.15, -0.1) is 12.4 Å². The van der Waals surface area contributed by atoms with E-state index in [1.165, 1.54) is 23.5 Å². The predicted octanol–water partition coefficient (Wildman–Crippen LogP) is 4.85. The van der Waals surface area contributed by atoms with E-state index in [0.717, 1.165) is 29.1 Å². The fraction of sp³-hybridized carbons (Fsp3) is 0.333. The summed E-state index contributed by atoms with van der Waals surface area (Å²) in [7, 11) is 1.62. The smallest absolute Gasteiger partial charge is 0.260 e. The van der Waals surface area contributed by atoms with Crippen molar-refractivity contribution in [3.05, 3.63) is 53.8 Å². The third-order valence-corrected chi connectivity index (χ3v) is 5.71. The van der Waals surface area contributed by atoms with Crippen LogP contribution in [-0.4, -0.2) is 49.1 Å². The Morgan fingerprint density at radius 3 is 2.55 bits per heavy atom. The van der Waals surface area contributed by atoms with E-state index in [1.807, 2.05) is 18.2 Å². The minimum absolute atomic E-state index is 0. The summed E-state index contributed by atoms with van der Waals surface area (Å²) in [5.41, 5.74) is 1.12. The van der Waals surface area contributed by atoms with Gasteiger partial charge < -0.3 is 9.64 Å². The fourth-order valence-corrected chi connectivity index (χ4v) is 4.00. The first kappa shape index (κ1) is 23.1. The van der Waals surface area contributed by atoms with E-state index in [4.69, 9.17) is 4.74 Å². The molecule has 1 amide bonds. The van der Waals surface area contributed by atoms with Crippen molar-refractivity contribution in [2.24, 2.45) is 0 Å². The van der Waals surface area contributed by atoms with Crippen LogP contribution in [-0.2, 0) is 0 Å². The third-order valence-electron chi connectivity index (χ3n) is 4.67. The summed E-state index contributed by atoms with van der Waals surface area (Å²) >= 11 is 1.43. The highest BCUT2D eigenvalue weighted by atomic mass is 35.5. The molecule has 3 aromatic rings. The zero-order valence-electron chi connectivity index (χ0n) is 16.7. The van der Waals surface area contributed by atoms with Gasteiger partial charge in [0.1, 0.15) is 11.6 Å². The first-order valence-corrected chi connectivity index (χ1v) is 10.1. The van der Waals surface area contributed by atoms with Crippen LogP contribution in [0.5, 0.6) is 5.75 Å². The van der Waals surface area contributed by atoms with Gasteiger partial charge in [-0.3, -0.25) is 9.69 Å². The van der Waals surface area contributed by atoms with E-state index < -0.39 is 5.82 Å². The average molecular weight is 438 g/mol. The molecule has 0 saturated carbocycles. The van der Waals surface area contributed by atoms with Gasteiger partial charge in [-0.05, 0) is 49.5 Å². The summed E-state index contributed by atoms with van der Waals surface area (Å²) in [4.78, 5) is 21.7. The standard InChI is InChI=1S/C21H24FN3O2S.ClH/c1-4-24(5-2)11-12-25(20(26)15-7-6-8-16(22)13-15)21-23-18-10-9-17(27-3)14-19(18)28-21;/h6-10,13-14H,4-5,11-12H2,1-3H3;1H. The Bertz CT molecular complexity index is 962. The van der Waals surface area contributed by atoms with Gasteiger partial charge in [-0.1, -0.05) is 31.3 Å². The minimum Gasteiger partial charge on any atom is -0.497 e. The number of benzene rings is 2. The lowest BCUT2D eigenvalue weighted by Crippen LogP contribution is -2.38. The second kappa shape index (κ2) is 10.5. The predicted molar refractivity (Wildman–Crippen MR) is 119 cm³/mol. The molecule has 0 atom stereocenters. The number of nitrogens with zero attached hydrogens (tertiary/aromatic N) is 3. The van der Waals surface area contributed by atoms with Crippen molar-refractivity contribution < 1.29 is 13.9 Å². The first-order valence-electron chi connectivity index (χ1n) is 9.30. The van der Waals surface area contributed by atoms with Gasteiger partial charge in [0.15, 0.2) is 5.13 Å². The van der Waals surface area contributed by atoms with Crippen molar-refractivity contribution in [3.8, 4) is 5.75 Å². The number of fused-ring (bicyclic) bond motifs is 1. The molecule has 156 valence electrons. The van der Waals surface area contributed by atoms with Crippen molar-refractivity contribution in [1.29, 1.82) is 0 Å². The lowest BCUT2D eigenvalue weighted by Gasteiger charge is -2.24. The summed E-state index contributed by atoms with van der Waals surface area (Å²) in [5, 5.41) is 0.602. The van der Waals surface area contributed by atoms with Gasteiger partial charge in [0.05, 0.1) is 17.3 Å². The molecule has 29 heavy (non-hydrogen) atoms. The number of carbonyl (C=O) groups excluding carboxylic acids is 1. The monoisotopic (exact) mass is 437 g/mol. The second-order valence-electron chi connectivity index (χ2n) is 6.32. The van der Waals surface area contributed by atoms with E-state index in [1.54, 1.807) is 24.1 Å². The highest BCUT2D eigenvalue weighted by Gasteiger charge is 2.22. The van der Waals surface area contributed by atoms with E-state index in [9.17, 15) is 9.18 Å². The summed E-state index contributed by atoms with van der Waals surface area (Å²) in [6.45, 7) is 7.17. The normalized spacial score (nSPS) is 10.8. The van der Waals surface area contributed by atoms with Gasteiger partial charge in [-0.25, -0.2) is 9.37 Å². The number of likely N-dealkylation sites (N-methyl/N-ethyl adjacent to an activating group) is 1. The van der Waals surface area contributed by atoms with Crippen LogP contribution in [0.2, 0.25) is 0 Å². The first-order chi connectivity index (χ1) is 13.5. The van der Waals surface area contributed by atoms with Crippen molar-refractivity contribution in [2.75, 3.05) is 38.2 Å². The number of hydrogen-bond acceptors (Lipinski definition) is 5. The Kier molecular flexibility index (Phi) is 8.37. The van der Waals surface area contributed by atoms with Crippen LogP contribution in [0.15, 0.2) is 42.5 Å². The molecule has 3 rings (SSSR count). The Morgan fingerprint density at radius 1 is 1.14 bits per heavy atom. The lowest BCUT2D eigenvalue weighted by molar-refractivity contribution is 0.0983. The van der Waals surface area contributed by atoms with E-state index in [-0.39, 0.29) is 18.3 Å². The van der Waals surface area contributed by atoms with Gasteiger partial charge in [0, 0.05) is 18.7 Å². The molecule has 0 spiro atoms. The third kappa shape index (κ3) is 5.44. The molecule has 0 aliphatic rings. The maximum absolute atomic E-state index is 13.7. The molecule has 5 nitrogen and oxygen atoms in total. The summed E-state index contributed by atoms with van der Waals surface area (Å²) in [5.74, 6) is 0.0649. The van der Waals surface area contributed by atoms with Crippen LogP contribution in [0, 0.1) is 5.82 Å². The number of rotatable bonds is 8. The number of hydrogen-bond donors (Lipinski definition) is 0. The topological polar surface area (TPSA) is 45.7 Å². The number of carbonyl (C=O) groups is 1. The minimum atomic E-state index is -0.427. The molecule has 0 aliphatic carbocycles. The number of methoxy groups -OCH3 is 1. The Hall–Kier alpha value is -2.22. The molecule has 0 aliphatic heterocycles. The quantitative estimate of drug-likeness (QED) is 0.505. The number of aromatic nitrogens is 1. The van der Waals surface area contributed by atoms with Crippen LogP contribution in [0.25, 0.3) is 10.2 Å². The maximum atomic E-state index is 13.7. The number of anilines is 1. The second-order valence-corrected chi connectivity index (χ2v) is 7.33. The number of amides is 1. The summed E-state index contributed by atoms with van der Waals surface area (Å²) in [6.07, 6.45) is 0. The molecule has 1 aromatic heterocycles. The van der Waals surface area contributed by atoms with Gasteiger partial charge >= 0.3 is 0 Å². The largest absolute Gasteiger partial charge is 0.497 e. The molecule has 0 radical (unpaired) electrons. The molecule has 0 saturated heterocycles. The molecule has 8 heteroatoms. The van der Waals surface area contributed by atoms with Crippen LogP contribution in [0.4, 0.5) is 9.52 Å². The highest BCUT2D eigenvalue weighted by molar-refractivity contribution is 7.22. The van der Waals surface area contributed by atoms with Gasteiger partial charge in [-0.2, -0.15) is 0 Å². The molecular weight excluding hydrogens is 413 g/mol. The zero-order valence-corrected chi connectivity index (χ0v) is 18.4. The molecule has 0 fully saturated rings. The molecule has 1 heterocycles. The zero-order chi connectivity index (χ0) is 20.1. The number of ether oxygens (including phenoxy) is 1. The Labute approximate surface area is 180 Å². The fourth-order valence-electron chi connectivity index (χ4n) is 2.98. The van der Waals surface area contributed by atoms with E-state index in [0.29, 0.717) is 23.8 Å². The van der Waals surface area contributed by atoms with Crippen molar-refractivity contribution >= 4 is 45.0 Å². The number of thiazole rings is 1. The molecule has 2 aromatic carbocycles. The molecule has 0 N–H and O–H groups in total. The van der Waals surface area contributed by atoms with Crippen molar-refractivity contribution in [3.63, 3.8) is 0 Å². The molecular formula is C21H25ClFN3O2S. The van der Waals surface area contributed by atoms with E-state index in [2.05, 4.69) is 23.7 Å². The van der Waals surface area contributed by atoms with Crippen LogP contribution < -0.4 is 9.64 Å². The molecule has 0 bridgehead atoms. The SMILES string of the molecule is CCN(CC)CCN(C(=O)c1cccc(F)c1)c1nc2ccc(OC)cc2s1.Cl. The average Bonchev–Trinajstić information content (AvgIpc) is 3.13. The Balaban J connectivity index is 0.00000300. The van der Waals surface area contributed by atoms with Gasteiger partial charge in [0.2, 0.25) is 0 Å². The summed E-state index contributed by atoms with van der Waals surface area (Å²) < 4.78 is 19.9. The van der Waals surface area contributed by atoms with Crippen molar-refractivity contribution in [2.45, 2.75) is 13.8 Å². The van der Waals surface area contributed by atoms with Crippen LogP contribution in [0.3, 0.4) is 0 Å². The van der Waals surface area contributed by atoms with Crippen LogP contribution in [0.1, 0.15) is 24.2 Å². The van der Waals surface area contributed by atoms with Gasteiger partial charge in [0.25, 0.3) is 5.91 Å².